The molecule has 3 N–H and O–H groups in total. The number of carbonyl (C=O) groups is 1. The fourth-order valence-corrected chi connectivity index (χ4v) is 2.60. The highest BCUT2D eigenvalue weighted by Gasteiger charge is 2.00. The summed E-state index contributed by atoms with van der Waals surface area (Å²) < 4.78 is 1.12. The molecule has 0 aliphatic heterocycles. The number of amides is 1. The Balaban J connectivity index is 1.97. The molecule has 0 aliphatic rings. The molecule has 5 heteroatoms. The number of nitrogens with one attached hydrogen (secondary N) is 1. The third kappa shape index (κ3) is 3.31. The first-order valence-corrected chi connectivity index (χ1v) is 6.69. The van der Waals surface area contributed by atoms with Crippen LogP contribution in [0.15, 0.2) is 39.5 Å². The van der Waals surface area contributed by atoms with Gasteiger partial charge in [-0.3, -0.25) is 4.79 Å². The Morgan fingerprint density at radius 3 is 2.59 bits per heavy atom. The summed E-state index contributed by atoms with van der Waals surface area (Å²) in [6.07, 6.45) is 0. The standard InChI is InChI=1S/C12H11BrN2OS/c13-11-5-8(7-17-11)6-15-10-3-1-9(2-4-10)12(14)16/h1-5,7,15H,6H2,(H2,14,16). The Kier molecular flexibility index (Phi) is 3.81. The van der Waals surface area contributed by atoms with Gasteiger partial charge in [-0.15, -0.1) is 11.3 Å². The van der Waals surface area contributed by atoms with Gasteiger partial charge in [-0.2, -0.15) is 0 Å². The van der Waals surface area contributed by atoms with E-state index in [1.165, 1.54) is 5.56 Å². The van der Waals surface area contributed by atoms with Crippen LogP contribution in [0.25, 0.3) is 0 Å². The van der Waals surface area contributed by atoms with E-state index in [1.807, 2.05) is 12.1 Å². The van der Waals surface area contributed by atoms with Gasteiger partial charge in [-0.1, -0.05) is 0 Å². The molecule has 0 fully saturated rings. The fourth-order valence-electron chi connectivity index (χ4n) is 1.39. The Bertz CT molecular complexity index is 522. The predicted octanol–water partition coefficient (Wildman–Crippen LogP) is 3.22. The highest BCUT2D eigenvalue weighted by molar-refractivity contribution is 9.11. The van der Waals surface area contributed by atoms with Gasteiger partial charge < -0.3 is 11.1 Å². The van der Waals surface area contributed by atoms with Crippen LogP contribution in [0.5, 0.6) is 0 Å². The second kappa shape index (κ2) is 5.33. The molecule has 1 heterocycles. The summed E-state index contributed by atoms with van der Waals surface area (Å²) in [5, 5.41) is 5.37. The molecule has 0 radical (unpaired) electrons. The van der Waals surface area contributed by atoms with Crippen LogP contribution in [-0.4, -0.2) is 5.91 Å². The van der Waals surface area contributed by atoms with Crippen LogP contribution in [-0.2, 0) is 6.54 Å². The third-order valence-corrected chi connectivity index (χ3v) is 3.84. The normalized spacial score (nSPS) is 10.2. The van der Waals surface area contributed by atoms with Gasteiger partial charge in [0, 0.05) is 17.8 Å². The zero-order valence-corrected chi connectivity index (χ0v) is 11.3. The topological polar surface area (TPSA) is 55.1 Å². The number of hydrogen-bond acceptors (Lipinski definition) is 3. The zero-order chi connectivity index (χ0) is 12.3. The summed E-state index contributed by atoms with van der Waals surface area (Å²) in [7, 11) is 0. The summed E-state index contributed by atoms with van der Waals surface area (Å²) in [4.78, 5) is 10.9. The minimum Gasteiger partial charge on any atom is -0.381 e. The van der Waals surface area contributed by atoms with Crippen LogP contribution in [0.1, 0.15) is 15.9 Å². The minimum absolute atomic E-state index is 0.404. The first-order valence-electron chi connectivity index (χ1n) is 5.02. The number of carbonyl (C=O) groups excluding carboxylic acids is 1. The van der Waals surface area contributed by atoms with E-state index < -0.39 is 5.91 Å². The van der Waals surface area contributed by atoms with Crippen LogP contribution in [0.2, 0.25) is 0 Å². The predicted molar refractivity (Wildman–Crippen MR) is 74.3 cm³/mol. The van der Waals surface area contributed by atoms with Gasteiger partial charge in [-0.25, -0.2) is 0 Å². The van der Waals surface area contributed by atoms with Crippen molar-refractivity contribution in [2.45, 2.75) is 6.54 Å². The lowest BCUT2D eigenvalue weighted by atomic mass is 10.2. The molecule has 1 amide bonds. The van der Waals surface area contributed by atoms with E-state index in [0.29, 0.717) is 5.56 Å². The van der Waals surface area contributed by atoms with Gasteiger partial charge in [-0.05, 0) is 57.2 Å². The molecule has 0 bridgehead atoms. The number of rotatable bonds is 4. The molecule has 0 saturated heterocycles. The van der Waals surface area contributed by atoms with Gasteiger partial charge in [0.05, 0.1) is 3.79 Å². The van der Waals surface area contributed by atoms with Crippen LogP contribution >= 0.6 is 27.3 Å². The average Bonchev–Trinajstić information content (AvgIpc) is 2.73. The van der Waals surface area contributed by atoms with Gasteiger partial charge >= 0.3 is 0 Å². The Morgan fingerprint density at radius 1 is 1.35 bits per heavy atom. The quantitative estimate of drug-likeness (QED) is 0.911. The molecule has 88 valence electrons. The van der Waals surface area contributed by atoms with Crippen molar-refractivity contribution < 1.29 is 4.79 Å². The lowest BCUT2D eigenvalue weighted by Crippen LogP contribution is -2.10. The van der Waals surface area contributed by atoms with E-state index in [4.69, 9.17) is 5.73 Å². The van der Waals surface area contributed by atoms with Gasteiger partial charge in [0.25, 0.3) is 0 Å². The molecule has 2 aromatic rings. The third-order valence-electron chi connectivity index (χ3n) is 2.29. The van der Waals surface area contributed by atoms with Gasteiger partial charge in [0.15, 0.2) is 0 Å². The molecule has 2 rings (SSSR count). The maximum Gasteiger partial charge on any atom is 0.248 e. The largest absolute Gasteiger partial charge is 0.381 e. The van der Waals surface area contributed by atoms with E-state index in [0.717, 1.165) is 16.0 Å². The van der Waals surface area contributed by atoms with E-state index in [-0.39, 0.29) is 0 Å². The molecular weight excluding hydrogens is 300 g/mol. The number of halogens is 1. The number of nitrogens with two attached hydrogens (primary N) is 1. The molecule has 3 nitrogen and oxygen atoms in total. The summed E-state index contributed by atoms with van der Waals surface area (Å²) in [5.74, 6) is -0.404. The first kappa shape index (κ1) is 12.1. The number of hydrogen-bond donors (Lipinski definition) is 2. The number of benzene rings is 1. The summed E-state index contributed by atoms with van der Waals surface area (Å²) >= 11 is 5.08. The van der Waals surface area contributed by atoms with Crippen molar-refractivity contribution in [1.29, 1.82) is 0 Å². The molecule has 0 unspecified atom stereocenters. The zero-order valence-electron chi connectivity index (χ0n) is 8.94. The monoisotopic (exact) mass is 310 g/mol. The molecule has 0 atom stereocenters. The molecule has 0 aliphatic carbocycles. The van der Waals surface area contributed by atoms with Gasteiger partial charge in [0.2, 0.25) is 5.91 Å². The van der Waals surface area contributed by atoms with Crippen molar-refractivity contribution in [1.82, 2.24) is 0 Å². The molecule has 1 aromatic carbocycles. The highest BCUT2D eigenvalue weighted by atomic mass is 79.9. The molecular formula is C12H11BrN2OS. The highest BCUT2D eigenvalue weighted by Crippen LogP contribution is 2.21. The van der Waals surface area contributed by atoms with E-state index in [1.54, 1.807) is 23.5 Å². The average molecular weight is 311 g/mol. The second-order valence-electron chi connectivity index (χ2n) is 3.55. The van der Waals surface area contributed by atoms with E-state index in [2.05, 4.69) is 32.7 Å². The molecule has 17 heavy (non-hydrogen) atoms. The summed E-state index contributed by atoms with van der Waals surface area (Å²) in [6.45, 7) is 0.762. The van der Waals surface area contributed by atoms with Crippen molar-refractivity contribution in [3.05, 3.63) is 50.6 Å². The first-order chi connectivity index (χ1) is 8.15. The van der Waals surface area contributed by atoms with Crippen LogP contribution in [0.4, 0.5) is 5.69 Å². The van der Waals surface area contributed by atoms with Gasteiger partial charge in [0.1, 0.15) is 0 Å². The minimum atomic E-state index is -0.404. The molecule has 0 spiro atoms. The Hall–Kier alpha value is -1.33. The van der Waals surface area contributed by atoms with Crippen molar-refractivity contribution in [2.24, 2.45) is 5.73 Å². The maximum absolute atomic E-state index is 10.9. The smallest absolute Gasteiger partial charge is 0.248 e. The van der Waals surface area contributed by atoms with Crippen LogP contribution < -0.4 is 11.1 Å². The maximum atomic E-state index is 10.9. The second-order valence-corrected chi connectivity index (χ2v) is 5.84. The van der Waals surface area contributed by atoms with Crippen molar-refractivity contribution in [2.75, 3.05) is 5.32 Å². The number of thiophene rings is 1. The fraction of sp³-hybridized carbons (Fsp3) is 0.0833. The summed E-state index contributed by atoms with van der Waals surface area (Å²) in [5.41, 5.74) is 7.88. The SMILES string of the molecule is NC(=O)c1ccc(NCc2csc(Br)c2)cc1. The Labute approximate surface area is 112 Å². The van der Waals surface area contributed by atoms with Crippen molar-refractivity contribution >= 4 is 38.9 Å². The summed E-state index contributed by atoms with van der Waals surface area (Å²) in [6, 6.07) is 9.21. The molecule has 0 saturated carbocycles. The van der Waals surface area contributed by atoms with E-state index in [9.17, 15) is 4.79 Å². The molecule has 1 aromatic heterocycles. The lowest BCUT2D eigenvalue weighted by molar-refractivity contribution is 0.100. The van der Waals surface area contributed by atoms with E-state index >= 15 is 0 Å². The lowest BCUT2D eigenvalue weighted by Gasteiger charge is -2.05. The van der Waals surface area contributed by atoms with Crippen LogP contribution in [0, 0.1) is 0 Å². The number of primary amides is 1. The van der Waals surface area contributed by atoms with Crippen molar-refractivity contribution in [3.63, 3.8) is 0 Å². The van der Waals surface area contributed by atoms with Crippen molar-refractivity contribution in [3.8, 4) is 0 Å². The Morgan fingerprint density at radius 2 is 2.06 bits per heavy atom. The van der Waals surface area contributed by atoms with Crippen LogP contribution in [0.3, 0.4) is 0 Å². The number of anilines is 1.